The number of aryl methyl sites for hydroxylation is 1. The Balaban J connectivity index is 1.52. The largest absolute Gasteiger partial charge is 0.497 e. The summed E-state index contributed by atoms with van der Waals surface area (Å²) >= 11 is 5.82. The van der Waals surface area contributed by atoms with Crippen molar-refractivity contribution in [3.63, 3.8) is 0 Å². The summed E-state index contributed by atoms with van der Waals surface area (Å²) in [5, 5.41) is 4.04. The molecule has 0 aliphatic carbocycles. The number of halogens is 1. The molecule has 0 fully saturated rings. The fraction of sp³-hybridized carbons (Fsp3) is 0.261. The molecular formula is C23H22ClNO6. The van der Waals surface area contributed by atoms with Gasteiger partial charge < -0.3 is 19.2 Å². The van der Waals surface area contributed by atoms with Gasteiger partial charge in [-0.3, -0.25) is 9.59 Å². The molecule has 0 saturated heterocycles. The second-order valence-corrected chi connectivity index (χ2v) is 7.36. The topological polar surface area (TPSA) is 94.8 Å². The van der Waals surface area contributed by atoms with E-state index in [1.807, 2.05) is 0 Å². The quantitative estimate of drug-likeness (QED) is 0.422. The van der Waals surface area contributed by atoms with Crippen LogP contribution in [0.4, 0.5) is 0 Å². The number of carbonyl (C=O) groups is 2. The molecule has 3 rings (SSSR count). The second kappa shape index (κ2) is 10.1. The molecule has 0 aliphatic heterocycles. The van der Waals surface area contributed by atoms with Gasteiger partial charge in [0.25, 0.3) is 5.91 Å². The first-order valence-corrected chi connectivity index (χ1v) is 10.0. The number of benzene rings is 2. The molecular weight excluding hydrogens is 422 g/mol. The lowest BCUT2D eigenvalue weighted by Crippen LogP contribution is -2.28. The summed E-state index contributed by atoms with van der Waals surface area (Å²) in [5.74, 6) is -0.408. The second-order valence-electron chi connectivity index (χ2n) is 6.92. The molecule has 0 radical (unpaired) electrons. The lowest BCUT2D eigenvalue weighted by atomic mass is 10.0. The minimum atomic E-state index is -0.574. The monoisotopic (exact) mass is 443 g/mol. The Bertz CT molecular complexity index is 1150. The van der Waals surface area contributed by atoms with Crippen molar-refractivity contribution >= 4 is 34.4 Å². The number of methoxy groups -OCH3 is 1. The van der Waals surface area contributed by atoms with Gasteiger partial charge in [0.05, 0.1) is 7.11 Å². The van der Waals surface area contributed by atoms with E-state index in [0.717, 1.165) is 16.5 Å². The van der Waals surface area contributed by atoms with E-state index < -0.39 is 24.1 Å². The highest BCUT2D eigenvalue weighted by Crippen LogP contribution is 2.24. The Morgan fingerprint density at radius 3 is 2.58 bits per heavy atom. The van der Waals surface area contributed by atoms with Gasteiger partial charge in [-0.2, -0.15) is 0 Å². The molecule has 7 nitrogen and oxygen atoms in total. The molecule has 31 heavy (non-hydrogen) atoms. The number of hydrogen-bond donors (Lipinski definition) is 1. The number of nitrogens with one attached hydrogen (secondary N) is 1. The SMILES string of the molecule is COc1ccc2c(C)c(CCC(=O)OCC(=O)NCc3ccc(Cl)cc3)c(=O)oc2c1. The highest BCUT2D eigenvalue weighted by molar-refractivity contribution is 6.30. The predicted octanol–water partition coefficient (Wildman–Crippen LogP) is 3.56. The van der Waals surface area contributed by atoms with Crippen LogP contribution in [0, 0.1) is 6.92 Å². The zero-order valence-electron chi connectivity index (χ0n) is 17.2. The van der Waals surface area contributed by atoms with Gasteiger partial charge in [-0.15, -0.1) is 0 Å². The highest BCUT2D eigenvalue weighted by Gasteiger charge is 2.15. The van der Waals surface area contributed by atoms with Gasteiger partial charge >= 0.3 is 11.6 Å². The smallest absolute Gasteiger partial charge is 0.339 e. The van der Waals surface area contributed by atoms with E-state index in [-0.39, 0.29) is 12.8 Å². The van der Waals surface area contributed by atoms with Crippen LogP contribution in [0.3, 0.4) is 0 Å². The number of carbonyl (C=O) groups excluding carboxylic acids is 2. The van der Waals surface area contributed by atoms with Gasteiger partial charge in [0.2, 0.25) is 0 Å². The molecule has 1 N–H and O–H groups in total. The van der Waals surface area contributed by atoms with Crippen LogP contribution < -0.4 is 15.7 Å². The Morgan fingerprint density at radius 2 is 1.87 bits per heavy atom. The maximum absolute atomic E-state index is 12.3. The van der Waals surface area contributed by atoms with Crippen LogP contribution in [0.2, 0.25) is 5.02 Å². The predicted molar refractivity (Wildman–Crippen MR) is 116 cm³/mol. The maximum Gasteiger partial charge on any atom is 0.339 e. The number of amides is 1. The van der Waals surface area contributed by atoms with Gasteiger partial charge in [0.1, 0.15) is 11.3 Å². The van der Waals surface area contributed by atoms with Crippen LogP contribution in [0.1, 0.15) is 23.1 Å². The number of esters is 1. The van der Waals surface area contributed by atoms with E-state index in [1.165, 1.54) is 7.11 Å². The number of hydrogen-bond acceptors (Lipinski definition) is 6. The molecule has 1 amide bonds. The Hall–Kier alpha value is -3.32. The minimum Gasteiger partial charge on any atom is -0.497 e. The third kappa shape index (κ3) is 5.86. The summed E-state index contributed by atoms with van der Waals surface area (Å²) < 4.78 is 15.5. The van der Waals surface area contributed by atoms with Crippen LogP contribution in [0.25, 0.3) is 11.0 Å². The first-order valence-electron chi connectivity index (χ1n) is 9.64. The van der Waals surface area contributed by atoms with Crippen molar-refractivity contribution in [1.82, 2.24) is 5.32 Å². The average Bonchev–Trinajstić information content (AvgIpc) is 2.76. The zero-order chi connectivity index (χ0) is 22.4. The molecule has 0 bridgehead atoms. The average molecular weight is 444 g/mol. The molecule has 0 aliphatic rings. The standard InChI is InChI=1S/C23H22ClNO6/c1-14-18-8-7-17(29-2)11-20(18)31-23(28)19(14)9-10-22(27)30-13-21(26)25-12-15-3-5-16(24)6-4-15/h3-8,11H,9-10,12-13H2,1-2H3,(H,25,26). The van der Waals surface area contributed by atoms with Crippen molar-refractivity contribution in [2.24, 2.45) is 0 Å². The number of fused-ring (bicyclic) bond motifs is 1. The van der Waals surface area contributed by atoms with Crippen LogP contribution in [-0.4, -0.2) is 25.6 Å². The van der Waals surface area contributed by atoms with Crippen molar-refractivity contribution in [3.05, 3.63) is 74.6 Å². The number of ether oxygens (including phenoxy) is 2. The molecule has 1 heterocycles. The molecule has 2 aromatic carbocycles. The highest BCUT2D eigenvalue weighted by atomic mass is 35.5. The first-order chi connectivity index (χ1) is 14.9. The van der Waals surface area contributed by atoms with Crippen molar-refractivity contribution in [2.75, 3.05) is 13.7 Å². The van der Waals surface area contributed by atoms with Crippen LogP contribution >= 0.6 is 11.6 Å². The fourth-order valence-corrected chi connectivity index (χ4v) is 3.22. The summed E-state index contributed by atoms with van der Waals surface area (Å²) in [7, 11) is 1.53. The van der Waals surface area contributed by atoms with E-state index in [2.05, 4.69) is 5.32 Å². The zero-order valence-corrected chi connectivity index (χ0v) is 18.0. The van der Waals surface area contributed by atoms with Gasteiger partial charge in [-0.1, -0.05) is 23.7 Å². The number of rotatable bonds is 8. The normalized spacial score (nSPS) is 10.7. The molecule has 0 saturated carbocycles. The van der Waals surface area contributed by atoms with E-state index in [4.69, 9.17) is 25.5 Å². The first kappa shape index (κ1) is 22.4. The minimum absolute atomic E-state index is 0.0439. The summed E-state index contributed by atoms with van der Waals surface area (Å²) in [4.78, 5) is 36.3. The van der Waals surface area contributed by atoms with Crippen molar-refractivity contribution in [2.45, 2.75) is 26.3 Å². The van der Waals surface area contributed by atoms with Gasteiger partial charge in [0.15, 0.2) is 6.61 Å². The van der Waals surface area contributed by atoms with E-state index >= 15 is 0 Å². The van der Waals surface area contributed by atoms with Gasteiger partial charge in [0, 0.05) is 35.0 Å². The van der Waals surface area contributed by atoms with Crippen LogP contribution in [0.15, 0.2) is 51.7 Å². The third-order valence-electron chi connectivity index (χ3n) is 4.84. The van der Waals surface area contributed by atoms with Crippen molar-refractivity contribution in [3.8, 4) is 5.75 Å². The summed E-state index contributed by atoms with van der Waals surface area (Å²) in [5.41, 5.74) is 1.93. The lowest BCUT2D eigenvalue weighted by molar-refractivity contribution is -0.148. The third-order valence-corrected chi connectivity index (χ3v) is 5.09. The Morgan fingerprint density at radius 1 is 1.13 bits per heavy atom. The van der Waals surface area contributed by atoms with Gasteiger partial charge in [-0.05, 0) is 48.7 Å². The molecule has 8 heteroatoms. The maximum atomic E-state index is 12.3. The molecule has 0 spiro atoms. The summed E-state index contributed by atoms with van der Waals surface area (Å²) in [6.07, 6.45) is 0.110. The van der Waals surface area contributed by atoms with Crippen LogP contribution in [-0.2, 0) is 27.3 Å². The van der Waals surface area contributed by atoms with E-state index in [1.54, 1.807) is 49.4 Å². The molecule has 1 aromatic heterocycles. The fourth-order valence-electron chi connectivity index (χ4n) is 3.09. The lowest BCUT2D eigenvalue weighted by Gasteiger charge is -2.09. The Kier molecular flexibility index (Phi) is 7.31. The van der Waals surface area contributed by atoms with E-state index in [0.29, 0.717) is 28.5 Å². The van der Waals surface area contributed by atoms with Crippen molar-refractivity contribution < 1.29 is 23.5 Å². The van der Waals surface area contributed by atoms with E-state index in [9.17, 15) is 14.4 Å². The summed E-state index contributed by atoms with van der Waals surface area (Å²) in [6.45, 7) is 1.71. The molecule has 3 aromatic rings. The van der Waals surface area contributed by atoms with Gasteiger partial charge in [-0.25, -0.2) is 4.79 Å². The Labute approximate surface area is 183 Å². The molecule has 0 atom stereocenters. The summed E-state index contributed by atoms with van der Waals surface area (Å²) in [6, 6.07) is 12.3. The molecule has 162 valence electrons. The molecule has 0 unspecified atom stereocenters. The van der Waals surface area contributed by atoms with Crippen LogP contribution in [0.5, 0.6) is 5.75 Å². The van der Waals surface area contributed by atoms with Crippen molar-refractivity contribution in [1.29, 1.82) is 0 Å².